The Balaban J connectivity index is 1.72. The number of hydrogen-bond donors (Lipinski definition) is 1. The monoisotopic (exact) mass is 300 g/mol. The maximum Gasteiger partial charge on any atom is 0.144 e. The van der Waals surface area contributed by atoms with E-state index in [0.29, 0.717) is 6.04 Å². The van der Waals surface area contributed by atoms with E-state index in [1.54, 1.807) is 6.20 Å². The Bertz CT molecular complexity index is 608. The molecule has 0 aromatic carbocycles. The molecule has 22 heavy (non-hydrogen) atoms. The Kier molecular flexibility index (Phi) is 4.68. The lowest BCUT2D eigenvalue weighted by Gasteiger charge is -2.23. The van der Waals surface area contributed by atoms with Crippen LogP contribution in [0.1, 0.15) is 43.5 Å². The molecule has 3 rings (SSSR count). The van der Waals surface area contributed by atoms with E-state index < -0.39 is 0 Å². The SMILES string of the molecule is CCCn1cc(CN2CCC[C@@H]2c2cncc(NC)n2)cn1. The molecule has 1 saturated heterocycles. The topological polar surface area (TPSA) is 58.9 Å². The first-order valence-electron chi connectivity index (χ1n) is 8.05. The number of aryl methyl sites for hydroxylation is 1. The Morgan fingerprint density at radius 2 is 2.23 bits per heavy atom. The van der Waals surface area contributed by atoms with Crippen molar-refractivity contribution in [3.63, 3.8) is 0 Å². The van der Waals surface area contributed by atoms with Crippen molar-refractivity contribution in [1.29, 1.82) is 0 Å². The molecule has 0 aliphatic carbocycles. The van der Waals surface area contributed by atoms with E-state index >= 15 is 0 Å². The average molecular weight is 300 g/mol. The van der Waals surface area contributed by atoms with Gasteiger partial charge in [-0.25, -0.2) is 4.98 Å². The summed E-state index contributed by atoms with van der Waals surface area (Å²) in [6, 6.07) is 0.357. The summed E-state index contributed by atoms with van der Waals surface area (Å²) in [4.78, 5) is 11.4. The molecule has 6 heteroatoms. The first-order chi connectivity index (χ1) is 10.8. The normalized spacial score (nSPS) is 18.7. The fourth-order valence-corrected chi connectivity index (χ4v) is 3.09. The van der Waals surface area contributed by atoms with Gasteiger partial charge in [0.05, 0.1) is 30.3 Å². The summed E-state index contributed by atoms with van der Waals surface area (Å²) < 4.78 is 2.03. The predicted molar refractivity (Wildman–Crippen MR) is 86.5 cm³/mol. The summed E-state index contributed by atoms with van der Waals surface area (Å²) in [5.41, 5.74) is 2.34. The van der Waals surface area contributed by atoms with Crippen LogP contribution in [0.5, 0.6) is 0 Å². The van der Waals surface area contributed by atoms with Gasteiger partial charge in [-0.1, -0.05) is 6.92 Å². The largest absolute Gasteiger partial charge is 0.372 e. The summed E-state index contributed by atoms with van der Waals surface area (Å²) >= 11 is 0. The van der Waals surface area contributed by atoms with Gasteiger partial charge in [-0.15, -0.1) is 0 Å². The zero-order valence-corrected chi connectivity index (χ0v) is 13.4. The molecule has 1 N–H and O–H groups in total. The zero-order valence-electron chi connectivity index (χ0n) is 13.4. The summed E-state index contributed by atoms with van der Waals surface area (Å²) in [5, 5.41) is 7.49. The van der Waals surface area contributed by atoms with Crippen molar-refractivity contribution in [3.8, 4) is 0 Å². The van der Waals surface area contributed by atoms with E-state index in [1.165, 1.54) is 12.0 Å². The van der Waals surface area contributed by atoms with Gasteiger partial charge in [0.15, 0.2) is 0 Å². The maximum atomic E-state index is 4.66. The van der Waals surface area contributed by atoms with Crippen LogP contribution in [0.15, 0.2) is 24.8 Å². The minimum atomic E-state index is 0.357. The van der Waals surface area contributed by atoms with Crippen molar-refractivity contribution in [3.05, 3.63) is 36.0 Å². The zero-order chi connectivity index (χ0) is 15.4. The van der Waals surface area contributed by atoms with Crippen molar-refractivity contribution in [2.75, 3.05) is 18.9 Å². The first kappa shape index (κ1) is 15.0. The van der Waals surface area contributed by atoms with Gasteiger partial charge in [0.2, 0.25) is 0 Å². The average Bonchev–Trinajstić information content (AvgIpc) is 3.18. The highest BCUT2D eigenvalue weighted by Crippen LogP contribution is 2.32. The molecular weight excluding hydrogens is 276 g/mol. The van der Waals surface area contributed by atoms with E-state index in [-0.39, 0.29) is 0 Å². The van der Waals surface area contributed by atoms with Crippen LogP contribution < -0.4 is 5.32 Å². The molecule has 0 spiro atoms. The third kappa shape index (κ3) is 3.27. The number of rotatable bonds is 6. The molecule has 118 valence electrons. The molecule has 1 aliphatic heterocycles. The Labute approximate surface area is 131 Å². The van der Waals surface area contributed by atoms with E-state index in [4.69, 9.17) is 0 Å². The molecule has 1 atom stereocenters. The molecule has 1 aliphatic rings. The summed E-state index contributed by atoms with van der Waals surface area (Å²) in [6.07, 6.45) is 11.3. The Morgan fingerprint density at radius 1 is 1.32 bits per heavy atom. The highest BCUT2D eigenvalue weighted by Gasteiger charge is 2.27. The summed E-state index contributed by atoms with van der Waals surface area (Å²) in [7, 11) is 1.88. The van der Waals surface area contributed by atoms with Crippen molar-refractivity contribution in [2.24, 2.45) is 0 Å². The highest BCUT2D eigenvalue weighted by atomic mass is 15.3. The Hall–Kier alpha value is -1.95. The fourth-order valence-electron chi connectivity index (χ4n) is 3.09. The smallest absolute Gasteiger partial charge is 0.144 e. The molecular formula is C16H24N6. The number of nitrogens with zero attached hydrogens (tertiary/aromatic N) is 5. The molecule has 6 nitrogen and oxygen atoms in total. The highest BCUT2D eigenvalue weighted by molar-refractivity contribution is 5.31. The number of anilines is 1. The molecule has 3 heterocycles. The lowest BCUT2D eigenvalue weighted by Crippen LogP contribution is -2.23. The molecule has 0 bridgehead atoms. The van der Waals surface area contributed by atoms with Crippen LogP contribution in [0.25, 0.3) is 0 Å². The van der Waals surface area contributed by atoms with Crippen LogP contribution in [0.4, 0.5) is 5.82 Å². The van der Waals surface area contributed by atoms with Gasteiger partial charge in [-0.3, -0.25) is 14.6 Å². The first-order valence-corrected chi connectivity index (χ1v) is 8.05. The van der Waals surface area contributed by atoms with E-state index in [9.17, 15) is 0 Å². The fraction of sp³-hybridized carbons (Fsp3) is 0.562. The van der Waals surface area contributed by atoms with Crippen LogP contribution in [-0.2, 0) is 13.1 Å². The van der Waals surface area contributed by atoms with Crippen LogP contribution in [0.3, 0.4) is 0 Å². The van der Waals surface area contributed by atoms with Gasteiger partial charge < -0.3 is 5.32 Å². The maximum absolute atomic E-state index is 4.66. The third-order valence-electron chi connectivity index (χ3n) is 4.14. The summed E-state index contributed by atoms with van der Waals surface area (Å²) in [6.45, 7) is 5.19. The molecule has 0 radical (unpaired) electrons. The molecule has 0 unspecified atom stereocenters. The second-order valence-corrected chi connectivity index (χ2v) is 5.82. The van der Waals surface area contributed by atoms with Crippen LogP contribution in [-0.4, -0.2) is 38.2 Å². The Morgan fingerprint density at radius 3 is 3.05 bits per heavy atom. The number of likely N-dealkylation sites (tertiary alicyclic amines) is 1. The van der Waals surface area contributed by atoms with E-state index in [2.05, 4.69) is 38.4 Å². The van der Waals surface area contributed by atoms with Gasteiger partial charge in [-0.05, 0) is 25.8 Å². The van der Waals surface area contributed by atoms with Gasteiger partial charge in [0.1, 0.15) is 5.82 Å². The van der Waals surface area contributed by atoms with Gasteiger partial charge >= 0.3 is 0 Å². The molecule has 1 fully saturated rings. The lowest BCUT2D eigenvalue weighted by molar-refractivity contribution is 0.244. The lowest BCUT2D eigenvalue weighted by atomic mass is 10.1. The molecule has 0 saturated carbocycles. The van der Waals surface area contributed by atoms with Crippen molar-refractivity contribution < 1.29 is 0 Å². The molecule has 2 aromatic heterocycles. The number of nitrogens with one attached hydrogen (secondary N) is 1. The number of hydrogen-bond acceptors (Lipinski definition) is 5. The van der Waals surface area contributed by atoms with Crippen LogP contribution in [0, 0.1) is 0 Å². The minimum absolute atomic E-state index is 0.357. The number of aromatic nitrogens is 4. The van der Waals surface area contributed by atoms with E-state index in [0.717, 1.165) is 44.0 Å². The van der Waals surface area contributed by atoms with Crippen molar-refractivity contribution in [2.45, 2.75) is 45.3 Å². The third-order valence-corrected chi connectivity index (χ3v) is 4.14. The quantitative estimate of drug-likeness (QED) is 0.888. The standard InChI is InChI=1S/C16H24N6/c1-3-6-22-12-13(8-19-22)11-21-7-4-5-15(21)14-9-18-10-16(17-2)20-14/h8-10,12,15H,3-7,11H2,1-2H3,(H,17,20)/t15-/m1/s1. The van der Waals surface area contributed by atoms with Gasteiger partial charge in [-0.2, -0.15) is 5.10 Å². The van der Waals surface area contributed by atoms with Crippen molar-refractivity contribution in [1.82, 2.24) is 24.6 Å². The van der Waals surface area contributed by atoms with Crippen LogP contribution in [0.2, 0.25) is 0 Å². The second-order valence-electron chi connectivity index (χ2n) is 5.82. The summed E-state index contributed by atoms with van der Waals surface area (Å²) in [5.74, 6) is 0.833. The molecule has 0 amide bonds. The predicted octanol–water partition coefficient (Wildman–Crippen LogP) is 2.46. The van der Waals surface area contributed by atoms with E-state index in [1.807, 2.05) is 24.1 Å². The second kappa shape index (κ2) is 6.87. The minimum Gasteiger partial charge on any atom is -0.372 e. The van der Waals surface area contributed by atoms with Gasteiger partial charge in [0, 0.05) is 31.9 Å². The molecule has 2 aromatic rings. The van der Waals surface area contributed by atoms with Gasteiger partial charge in [0.25, 0.3) is 0 Å². The van der Waals surface area contributed by atoms with Crippen LogP contribution >= 0.6 is 0 Å². The van der Waals surface area contributed by atoms with Crippen molar-refractivity contribution >= 4 is 5.82 Å².